The van der Waals surface area contributed by atoms with Gasteiger partial charge in [0.05, 0.1) is 24.9 Å². The summed E-state index contributed by atoms with van der Waals surface area (Å²) in [7, 11) is 0. The molecule has 0 unspecified atom stereocenters. The van der Waals surface area contributed by atoms with E-state index in [1.807, 2.05) is 32.0 Å². The molecule has 0 saturated carbocycles. The summed E-state index contributed by atoms with van der Waals surface area (Å²) in [6, 6.07) is 5.89. The van der Waals surface area contributed by atoms with Crippen molar-refractivity contribution in [3.05, 3.63) is 29.3 Å². The fraction of sp³-hybridized carbons (Fsp3) is 0.438. The van der Waals surface area contributed by atoms with Crippen molar-refractivity contribution in [1.29, 1.82) is 0 Å². The largest absolute Gasteiger partial charge is 0.464 e. The average Bonchev–Trinajstić information content (AvgIpc) is 3.06. The average molecular weight is 348 g/mol. The molecule has 0 radical (unpaired) electrons. The second-order valence-corrected chi connectivity index (χ2v) is 6.12. The third-order valence-corrected chi connectivity index (χ3v) is 4.34. The van der Waals surface area contributed by atoms with Crippen LogP contribution in [0.15, 0.2) is 18.2 Å². The number of carbonyl (C=O) groups excluding carboxylic acids is 1. The zero-order valence-corrected chi connectivity index (χ0v) is 14.6. The molecule has 1 amide bonds. The summed E-state index contributed by atoms with van der Waals surface area (Å²) in [5, 5.41) is 2.90. The molecule has 0 spiro atoms. The molecule has 128 valence electrons. The van der Waals surface area contributed by atoms with Crippen LogP contribution >= 0.6 is 11.7 Å². The van der Waals surface area contributed by atoms with Crippen LogP contribution in [0.5, 0.6) is 5.88 Å². The molecule has 1 aromatic carbocycles. The highest BCUT2D eigenvalue weighted by Gasteiger charge is 2.20. The molecule has 1 aromatic heterocycles. The van der Waals surface area contributed by atoms with Crippen LogP contribution in [0.2, 0.25) is 0 Å². The number of benzene rings is 1. The van der Waals surface area contributed by atoms with Crippen LogP contribution in [-0.2, 0) is 9.53 Å². The van der Waals surface area contributed by atoms with Gasteiger partial charge in [-0.05, 0) is 25.0 Å². The van der Waals surface area contributed by atoms with Crippen LogP contribution in [0.4, 0.5) is 11.5 Å². The maximum atomic E-state index is 12.2. The molecule has 1 aliphatic heterocycles. The van der Waals surface area contributed by atoms with E-state index in [1.165, 1.54) is 0 Å². The lowest BCUT2D eigenvalue weighted by atomic mass is 10.1. The Bertz CT molecular complexity index is 693. The van der Waals surface area contributed by atoms with Crippen LogP contribution in [-0.4, -0.2) is 47.6 Å². The molecule has 1 saturated heterocycles. The Morgan fingerprint density at radius 3 is 2.71 bits per heavy atom. The lowest BCUT2D eigenvalue weighted by Gasteiger charge is -2.26. The minimum atomic E-state index is -0.215. The van der Waals surface area contributed by atoms with Gasteiger partial charge in [-0.15, -0.1) is 4.37 Å². The minimum Gasteiger partial charge on any atom is -0.464 e. The smallest absolute Gasteiger partial charge is 0.271 e. The number of nitrogens with one attached hydrogen (secondary N) is 1. The predicted molar refractivity (Wildman–Crippen MR) is 93.0 cm³/mol. The van der Waals surface area contributed by atoms with Crippen LogP contribution in [0.1, 0.15) is 11.1 Å². The molecule has 1 fully saturated rings. The van der Waals surface area contributed by atoms with Crippen LogP contribution in [0.3, 0.4) is 0 Å². The maximum absolute atomic E-state index is 12.2. The molecular weight excluding hydrogens is 328 g/mol. The lowest BCUT2D eigenvalue weighted by Crippen LogP contribution is -2.36. The molecule has 2 aromatic rings. The first-order valence-corrected chi connectivity index (χ1v) is 8.52. The number of morpholine rings is 1. The van der Waals surface area contributed by atoms with E-state index >= 15 is 0 Å². The molecule has 1 N–H and O–H groups in total. The summed E-state index contributed by atoms with van der Waals surface area (Å²) in [4.78, 5) is 14.2. The minimum absolute atomic E-state index is 0.101. The Kier molecular flexibility index (Phi) is 5.27. The first kappa shape index (κ1) is 16.7. The van der Waals surface area contributed by atoms with Gasteiger partial charge in [0.25, 0.3) is 11.8 Å². The number of aryl methyl sites for hydroxylation is 2. The van der Waals surface area contributed by atoms with Gasteiger partial charge in [0.2, 0.25) is 5.82 Å². The van der Waals surface area contributed by atoms with Gasteiger partial charge < -0.3 is 19.7 Å². The van der Waals surface area contributed by atoms with Gasteiger partial charge in [0.1, 0.15) is 0 Å². The normalized spacial score (nSPS) is 14.5. The van der Waals surface area contributed by atoms with Crippen LogP contribution in [0, 0.1) is 13.8 Å². The number of anilines is 2. The highest BCUT2D eigenvalue weighted by molar-refractivity contribution is 6.99. The number of carbonyl (C=O) groups is 1. The molecule has 0 bridgehead atoms. The number of ether oxygens (including phenoxy) is 2. The van der Waals surface area contributed by atoms with Gasteiger partial charge in [-0.3, -0.25) is 4.79 Å². The van der Waals surface area contributed by atoms with Crippen molar-refractivity contribution in [2.24, 2.45) is 0 Å². The molecule has 2 heterocycles. The second-order valence-electron chi connectivity index (χ2n) is 5.60. The highest BCUT2D eigenvalue weighted by atomic mass is 32.1. The van der Waals surface area contributed by atoms with E-state index in [1.54, 1.807) is 0 Å². The van der Waals surface area contributed by atoms with E-state index in [9.17, 15) is 4.79 Å². The van der Waals surface area contributed by atoms with Crippen LogP contribution < -0.4 is 15.0 Å². The Hall–Kier alpha value is -2.19. The van der Waals surface area contributed by atoms with Gasteiger partial charge in [-0.25, -0.2) is 0 Å². The molecule has 24 heavy (non-hydrogen) atoms. The Morgan fingerprint density at radius 1 is 1.29 bits per heavy atom. The Labute approximate surface area is 144 Å². The zero-order valence-electron chi connectivity index (χ0n) is 13.7. The van der Waals surface area contributed by atoms with E-state index in [4.69, 9.17) is 9.47 Å². The van der Waals surface area contributed by atoms with Crippen molar-refractivity contribution >= 4 is 29.1 Å². The summed E-state index contributed by atoms with van der Waals surface area (Å²) in [5.74, 6) is 0.870. The van der Waals surface area contributed by atoms with Gasteiger partial charge in [-0.1, -0.05) is 18.2 Å². The third kappa shape index (κ3) is 3.82. The van der Waals surface area contributed by atoms with E-state index in [2.05, 4.69) is 19.0 Å². The molecule has 3 rings (SSSR count). The van der Waals surface area contributed by atoms with Gasteiger partial charge in [0, 0.05) is 18.8 Å². The summed E-state index contributed by atoms with van der Waals surface area (Å²) < 4.78 is 19.3. The summed E-state index contributed by atoms with van der Waals surface area (Å²) in [6.07, 6.45) is 0. The van der Waals surface area contributed by atoms with Gasteiger partial charge in [-0.2, -0.15) is 4.37 Å². The first-order chi connectivity index (χ1) is 11.6. The molecule has 0 aliphatic carbocycles. The number of rotatable bonds is 5. The van der Waals surface area contributed by atoms with Gasteiger partial charge in [0.15, 0.2) is 6.61 Å². The molecule has 8 heteroatoms. The summed E-state index contributed by atoms with van der Waals surface area (Å²) >= 11 is 1.08. The number of para-hydroxylation sites is 1. The highest BCUT2D eigenvalue weighted by Crippen LogP contribution is 2.26. The lowest BCUT2D eigenvalue weighted by molar-refractivity contribution is -0.118. The quantitative estimate of drug-likeness (QED) is 0.891. The van der Waals surface area contributed by atoms with Crippen molar-refractivity contribution in [3.8, 4) is 5.88 Å². The summed E-state index contributed by atoms with van der Waals surface area (Å²) in [6.45, 7) is 6.63. The monoisotopic (exact) mass is 348 g/mol. The zero-order chi connectivity index (χ0) is 16.9. The Morgan fingerprint density at radius 2 is 2.00 bits per heavy atom. The number of amides is 1. The Balaban J connectivity index is 1.60. The predicted octanol–water partition coefficient (Wildman–Crippen LogP) is 2.01. The SMILES string of the molecule is Cc1cccc(C)c1NC(=O)COc1nsnc1N1CCOCC1. The molecule has 0 atom stereocenters. The van der Waals surface area contributed by atoms with Crippen molar-refractivity contribution in [2.75, 3.05) is 43.1 Å². The van der Waals surface area contributed by atoms with Crippen molar-refractivity contribution in [2.45, 2.75) is 13.8 Å². The van der Waals surface area contributed by atoms with Gasteiger partial charge >= 0.3 is 0 Å². The second kappa shape index (κ2) is 7.59. The van der Waals surface area contributed by atoms with Crippen molar-refractivity contribution in [1.82, 2.24) is 8.75 Å². The van der Waals surface area contributed by atoms with Crippen molar-refractivity contribution in [3.63, 3.8) is 0 Å². The van der Waals surface area contributed by atoms with Crippen molar-refractivity contribution < 1.29 is 14.3 Å². The number of hydrogen-bond donors (Lipinski definition) is 1. The summed E-state index contributed by atoms with van der Waals surface area (Å²) in [5.41, 5.74) is 2.87. The molecular formula is C16H20N4O3S. The number of aromatic nitrogens is 2. The van der Waals surface area contributed by atoms with E-state index < -0.39 is 0 Å². The van der Waals surface area contributed by atoms with E-state index in [0.717, 1.165) is 41.6 Å². The third-order valence-electron chi connectivity index (χ3n) is 3.84. The number of hydrogen-bond acceptors (Lipinski definition) is 7. The van der Waals surface area contributed by atoms with E-state index in [-0.39, 0.29) is 12.5 Å². The number of nitrogens with zero attached hydrogens (tertiary/aromatic N) is 3. The van der Waals surface area contributed by atoms with Crippen LogP contribution in [0.25, 0.3) is 0 Å². The van der Waals surface area contributed by atoms with E-state index in [0.29, 0.717) is 24.9 Å². The molecule has 1 aliphatic rings. The standard InChI is InChI=1S/C16H20N4O3S/c1-11-4-3-5-12(2)14(11)17-13(21)10-23-16-15(18-24-19-16)20-6-8-22-9-7-20/h3-5H,6-10H2,1-2H3,(H,17,21). The fourth-order valence-corrected chi connectivity index (χ4v) is 3.08. The first-order valence-electron chi connectivity index (χ1n) is 7.79. The topological polar surface area (TPSA) is 76.6 Å². The molecule has 7 nitrogen and oxygen atoms in total. The maximum Gasteiger partial charge on any atom is 0.271 e. The fourth-order valence-electron chi connectivity index (χ4n) is 2.56.